The zero-order valence-electron chi connectivity index (χ0n) is 21.6. The number of aromatic nitrogens is 2. The maximum atomic E-state index is 12.8. The van der Waals surface area contributed by atoms with E-state index in [-0.39, 0.29) is 11.9 Å². The molecule has 3 aromatic carbocycles. The van der Waals surface area contributed by atoms with E-state index in [0.29, 0.717) is 16.9 Å². The molecule has 0 aliphatic heterocycles. The van der Waals surface area contributed by atoms with Crippen LogP contribution in [0.5, 0.6) is 0 Å². The van der Waals surface area contributed by atoms with Crippen LogP contribution in [0.1, 0.15) is 47.1 Å². The largest absolute Gasteiger partial charge is 0.441 e. The van der Waals surface area contributed by atoms with Crippen LogP contribution in [-0.4, -0.2) is 27.8 Å². The molecule has 0 radical (unpaired) electrons. The van der Waals surface area contributed by atoms with E-state index in [1.54, 1.807) is 16.8 Å². The zero-order chi connectivity index (χ0) is 26.4. The Labute approximate surface area is 217 Å². The van der Waals surface area contributed by atoms with Crippen molar-refractivity contribution in [2.75, 3.05) is 5.32 Å². The number of benzene rings is 3. The van der Waals surface area contributed by atoms with Crippen LogP contribution in [0, 0.1) is 6.92 Å². The van der Waals surface area contributed by atoms with Gasteiger partial charge in [0.1, 0.15) is 11.8 Å². The van der Waals surface area contributed by atoms with Gasteiger partial charge in [-0.1, -0.05) is 72.8 Å². The molecule has 1 heterocycles. The predicted octanol–water partition coefficient (Wildman–Crippen LogP) is 6.07. The first kappa shape index (κ1) is 25.7. The number of hydrogen-bond acceptors (Lipinski definition) is 4. The van der Waals surface area contributed by atoms with Crippen LogP contribution >= 0.6 is 0 Å². The lowest BCUT2D eigenvalue weighted by Gasteiger charge is -2.15. The highest BCUT2D eigenvalue weighted by Gasteiger charge is 2.20. The molecule has 4 aromatic rings. The minimum absolute atomic E-state index is 0.00638. The van der Waals surface area contributed by atoms with Crippen molar-refractivity contribution in [1.29, 1.82) is 0 Å². The van der Waals surface area contributed by atoms with Crippen molar-refractivity contribution in [3.8, 4) is 11.3 Å². The summed E-state index contributed by atoms with van der Waals surface area (Å²) in [5, 5.41) is 10.5. The Morgan fingerprint density at radius 2 is 1.54 bits per heavy atom. The van der Waals surface area contributed by atoms with E-state index >= 15 is 0 Å². The summed E-state index contributed by atoms with van der Waals surface area (Å²) in [6.45, 7) is 5.70. The van der Waals surface area contributed by atoms with Gasteiger partial charge in [-0.25, -0.2) is 4.79 Å². The van der Waals surface area contributed by atoms with Gasteiger partial charge in [0.25, 0.3) is 5.91 Å². The quantitative estimate of drug-likeness (QED) is 0.310. The summed E-state index contributed by atoms with van der Waals surface area (Å²) in [5.74, 6) is -0.135. The van der Waals surface area contributed by atoms with Crippen molar-refractivity contribution >= 4 is 17.7 Å². The van der Waals surface area contributed by atoms with Gasteiger partial charge in [-0.3, -0.25) is 14.8 Å². The smallest absolute Gasteiger partial charge is 0.412 e. The van der Waals surface area contributed by atoms with Crippen molar-refractivity contribution in [3.05, 3.63) is 107 Å². The Hall–Kier alpha value is -4.39. The fourth-order valence-electron chi connectivity index (χ4n) is 4.15. The summed E-state index contributed by atoms with van der Waals surface area (Å²) in [5.41, 5.74) is 5.39. The molecule has 0 aliphatic carbocycles. The number of hydrogen-bond donors (Lipinski definition) is 2. The van der Waals surface area contributed by atoms with Crippen LogP contribution in [0.3, 0.4) is 0 Å². The molecule has 0 saturated carbocycles. The van der Waals surface area contributed by atoms with Gasteiger partial charge >= 0.3 is 6.09 Å². The third-order valence-corrected chi connectivity index (χ3v) is 6.30. The number of aryl methyl sites for hydroxylation is 1. The lowest BCUT2D eigenvalue weighted by Crippen LogP contribution is -2.34. The molecule has 0 bridgehead atoms. The molecule has 7 nitrogen and oxygen atoms in total. The summed E-state index contributed by atoms with van der Waals surface area (Å²) in [7, 11) is 1.82. The molecule has 0 spiro atoms. The second-order valence-corrected chi connectivity index (χ2v) is 9.16. The van der Waals surface area contributed by atoms with Crippen molar-refractivity contribution in [2.45, 2.75) is 39.3 Å². The fourth-order valence-corrected chi connectivity index (χ4v) is 4.15. The van der Waals surface area contributed by atoms with Crippen LogP contribution in [0.2, 0.25) is 0 Å². The summed E-state index contributed by atoms with van der Waals surface area (Å²) in [6.07, 6.45) is -0.202. The molecule has 2 amide bonds. The van der Waals surface area contributed by atoms with Gasteiger partial charge in [0.05, 0.1) is 11.4 Å². The first-order chi connectivity index (χ1) is 17.8. The standard InChI is InChI=1S/C30H32N4O3/c1-20(19-23-11-7-5-8-12-23)31-29(35)26-17-15-25(16-18-26)28-27(21(2)34(4)33-28)32-30(36)37-22(3)24-13-9-6-10-14-24/h5-18,20,22H,19H2,1-4H3,(H,31,35)(H,32,36)/t20-,22-/m1/s1. The number of carbonyl (C=O) groups is 2. The number of nitrogens with zero attached hydrogens (tertiary/aromatic N) is 2. The Balaban J connectivity index is 1.44. The van der Waals surface area contributed by atoms with Crippen molar-refractivity contribution < 1.29 is 14.3 Å². The van der Waals surface area contributed by atoms with Crippen LogP contribution < -0.4 is 10.6 Å². The molecule has 0 unspecified atom stereocenters. The molecule has 0 fully saturated rings. The highest BCUT2D eigenvalue weighted by atomic mass is 16.6. The average molecular weight is 497 g/mol. The molecule has 37 heavy (non-hydrogen) atoms. The molecule has 2 atom stereocenters. The number of ether oxygens (including phenoxy) is 1. The number of rotatable bonds is 8. The van der Waals surface area contributed by atoms with E-state index in [4.69, 9.17) is 4.74 Å². The Bertz CT molecular complexity index is 1350. The summed E-state index contributed by atoms with van der Waals surface area (Å²) >= 11 is 0. The number of carbonyl (C=O) groups excluding carboxylic acids is 2. The van der Waals surface area contributed by atoms with E-state index in [1.165, 1.54) is 5.56 Å². The lowest BCUT2D eigenvalue weighted by molar-refractivity contribution is 0.0940. The second kappa shape index (κ2) is 11.6. The SMILES string of the molecule is Cc1c(NC(=O)O[C@H](C)c2ccccc2)c(-c2ccc(C(=O)N[C@H](C)Cc3ccccc3)cc2)nn1C. The maximum absolute atomic E-state index is 12.8. The number of anilines is 1. The predicted molar refractivity (Wildman–Crippen MR) is 145 cm³/mol. The van der Waals surface area contributed by atoms with Gasteiger partial charge in [-0.05, 0) is 50.5 Å². The minimum Gasteiger partial charge on any atom is -0.441 e. The molecule has 0 saturated heterocycles. The molecular formula is C30H32N4O3. The van der Waals surface area contributed by atoms with E-state index in [9.17, 15) is 9.59 Å². The topological polar surface area (TPSA) is 85.2 Å². The van der Waals surface area contributed by atoms with Gasteiger partial charge in [0, 0.05) is 24.2 Å². The molecule has 4 rings (SSSR count). The van der Waals surface area contributed by atoms with Crippen molar-refractivity contribution in [1.82, 2.24) is 15.1 Å². The van der Waals surface area contributed by atoms with Crippen LogP contribution in [-0.2, 0) is 18.2 Å². The van der Waals surface area contributed by atoms with Gasteiger partial charge in [-0.15, -0.1) is 0 Å². The monoisotopic (exact) mass is 496 g/mol. The molecular weight excluding hydrogens is 464 g/mol. The number of amides is 2. The Morgan fingerprint density at radius 1 is 0.919 bits per heavy atom. The van der Waals surface area contributed by atoms with Crippen LogP contribution in [0.25, 0.3) is 11.3 Å². The van der Waals surface area contributed by atoms with E-state index in [2.05, 4.69) is 27.9 Å². The summed E-state index contributed by atoms with van der Waals surface area (Å²) in [4.78, 5) is 25.5. The fraction of sp³-hybridized carbons (Fsp3) is 0.233. The third kappa shape index (κ3) is 6.44. The minimum atomic E-state index is -0.558. The molecule has 2 N–H and O–H groups in total. The lowest BCUT2D eigenvalue weighted by atomic mass is 10.1. The summed E-state index contributed by atoms with van der Waals surface area (Å²) < 4.78 is 7.29. The first-order valence-corrected chi connectivity index (χ1v) is 12.3. The zero-order valence-corrected chi connectivity index (χ0v) is 21.6. The first-order valence-electron chi connectivity index (χ1n) is 12.3. The summed E-state index contributed by atoms with van der Waals surface area (Å²) in [6, 6.07) is 26.8. The van der Waals surface area contributed by atoms with E-state index < -0.39 is 12.2 Å². The molecule has 190 valence electrons. The molecule has 1 aromatic heterocycles. The van der Waals surface area contributed by atoms with Crippen molar-refractivity contribution in [3.63, 3.8) is 0 Å². The van der Waals surface area contributed by atoms with Gasteiger partial charge < -0.3 is 10.1 Å². The third-order valence-electron chi connectivity index (χ3n) is 6.30. The van der Waals surface area contributed by atoms with Gasteiger partial charge in [-0.2, -0.15) is 5.10 Å². The second-order valence-electron chi connectivity index (χ2n) is 9.16. The van der Waals surface area contributed by atoms with Crippen molar-refractivity contribution in [2.24, 2.45) is 7.05 Å². The van der Waals surface area contributed by atoms with Gasteiger partial charge in [0.15, 0.2) is 0 Å². The highest BCUT2D eigenvalue weighted by molar-refractivity contribution is 5.96. The van der Waals surface area contributed by atoms with E-state index in [0.717, 1.165) is 23.2 Å². The van der Waals surface area contributed by atoms with E-state index in [1.807, 2.05) is 88.5 Å². The Kier molecular flexibility index (Phi) is 8.03. The van der Waals surface area contributed by atoms with Gasteiger partial charge in [0.2, 0.25) is 0 Å². The number of nitrogens with one attached hydrogen (secondary N) is 2. The average Bonchev–Trinajstić information content (AvgIpc) is 3.18. The Morgan fingerprint density at radius 3 is 2.19 bits per heavy atom. The highest BCUT2D eigenvalue weighted by Crippen LogP contribution is 2.30. The molecule has 7 heteroatoms. The van der Waals surface area contributed by atoms with Crippen LogP contribution in [0.15, 0.2) is 84.9 Å². The van der Waals surface area contributed by atoms with Crippen LogP contribution in [0.4, 0.5) is 10.5 Å². The molecule has 0 aliphatic rings. The normalized spacial score (nSPS) is 12.4. The maximum Gasteiger partial charge on any atom is 0.412 e.